The van der Waals surface area contributed by atoms with Crippen molar-refractivity contribution in [2.45, 2.75) is 32.2 Å². The number of nitrogens with one attached hydrogen (secondary N) is 1. The molecule has 0 radical (unpaired) electrons. The molecule has 20 heavy (non-hydrogen) atoms. The molecule has 0 aliphatic carbocycles. The van der Waals surface area contributed by atoms with Crippen molar-refractivity contribution in [3.63, 3.8) is 0 Å². The van der Waals surface area contributed by atoms with E-state index in [-0.39, 0.29) is 18.4 Å². The summed E-state index contributed by atoms with van der Waals surface area (Å²) >= 11 is 0. The zero-order chi connectivity index (χ0) is 15.5. The number of benzene rings is 1. The van der Waals surface area contributed by atoms with Crippen molar-refractivity contribution in [3.8, 4) is 0 Å². The fourth-order valence-electron chi connectivity index (χ4n) is 1.55. The van der Waals surface area contributed by atoms with Crippen LogP contribution in [0.15, 0.2) is 12.1 Å². The highest BCUT2D eigenvalue weighted by atomic mass is 19.2. The summed E-state index contributed by atoms with van der Waals surface area (Å²) in [6.45, 7) is 3.15. The lowest BCUT2D eigenvalue weighted by molar-refractivity contribution is -0.137. The Labute approximate surface area is 113 Å². The Balaban J connectivity index is 2.83. The summed E-state index contributed by atoms with van der Waals surface area (Å²) in [5.41, 5.74) is -1.25. The molecule has 4 nitrogen and oxygen atoms in total. The number of carbonyl (C=O) groups excluding carboxylic acids is 1. The van der Waals surface area contributed by atoms with E-state index in [1.807, 2.05) is 0 Å². The Morgan fingerprint density at radius 2 is 1.70 bits per heavy atom. The third kappa shape index (κ3) is 4.25. The summed E-state index contributed by atoms with van der Waals surface area (Å²) in [6.07, 6.45) is -0.0281. The molecule has 0 aliphatic heterocycles. The zero-order valence-corrected chi connectivity index (χ0v) is 11.0. The van der Waals surface area contributed by atoms with Gasteiger partial charge < -0.3 is 10.4 Å². The van der Waals surface area contributed by atoms with E-state index < -0.39 is 34.9 Å². The normalized spacial score (nSPS) is 11.2. The van der Waals surface area contributed by atoms with Crippen molar-refractivity contribution in [1.29, 1.82) is 0 Å². The fraction of sp³-hybridized carbons (Fsp3) is 0.385. The first kappa shape index (κ1) is 16.0. The SMILES string of the molecule is CC(C)(CCC(=O)O)NC(=O)c1cc(F)c(F)c(F)c1. The van der Waals surface area contributed by atoms with Crippen LogP contribution in [0, 0.1) is 17.5 Å². The van der Waals surface area contributed by atoms with Gasteiger partial charge in [0.25, 0.3) is 5.91 Å². The van der Waals surface area contributed by atoms with Gasteiger partial charge in [-0.2, -0.15) is 0 Å². The van der Waals surface area contributed by atoms with E-state index in [0.29, 0.717) is 12.1 Å². The van der Waals surface area contributed by atoms with Crippen molar-refractivity contribution >= 4 is 11.9 Å². The summed E-state index contributed by atoms with van der Waals surface area (Å²) in [4.78, 5) is 22.3. The largest absolute Gasteiger partial charge is 0.481 e. The van der Waals surface area contributed by atoms with E-state index >= 15 is 0 Å². The first-order valence-corrected chi connectivity index (χ1v) is 5.81. The van der Waals surface area contributed by atoms with Crippen molar-refractivity contribution in [3.05, 3.63) is 35.1 Å². The molecule has 0 unspecified atom stereocenters. The Morgan fingerprint density at radius 3 is 2.15 bits per heavy atom. The Bertz CT molecular complexity index is 521. The van der Waals surface area contributed by atoms with Gasteiger partial charge in [-0.15, -0.1) is 0 Å². The van der Waals surface area contributed by atoms with Crippen LogP contribution in [0.2, 0.25) is 0 Å². The Morgan fingerprint density at radius 1 is 1.20 bits per heavy atom. The van der Waals surface area contributed by atoms with E-state index in [0.717, 1.165) is 0 Å². The van der Waals surface area contributed by atoms with Crippen LogP contribution in [0.1, 0.15) is 37.0 Å². The van der Waals surface area contributed by atoms with Crippen LogP contribution < -0.4 is 5.32 Å². The summed E-state index contributed by atoms with van der Waals surface area (Å²) in [6, 6.07) is 1.17. The molecule has 1 aromatic rings. The number of carbonyl (C=O) groups is 2. The number of carboxylic acids is 1. The van der Waals surface area contributed by atoms with Crippen LogP contribution in [0.4, 0.5) is 13.2 Å². The standard InChI is InChI=1S/C13H14F3NO3/c1-13(2,4-3-10(18)19)17-12(20)7-5-8(14)11(16)9(15)6-7/h5-6H,3-4H2,1-2H3,(H,17,20)(H,18,19). The molecule has 0 fully saturated rings. The molecule has 1 amide bonds. The van der Waals surface area contributed by atoms with Crippen LogP contribution in [0.25, 0.3) is 0 Å². The summed E-state index contributed by atoms with van der Waals surface area (Å²) in [5.74, 6) is -6.40. The predicted octanol–water partition coefficient (Wildman–Crippen LogP) is 2.48. The molecule has 0 aliphatic rings. The van der Waals surface area contributed by atoms with E-state index in [9.17, 15) is 22.8 Å². The average molecular weight is 289 g/mol. The molecule has 1 rings (SSSR count). The zero-order valence-electron chi connectivity index (χ0n) is 11.0. The van der Waals surface area contributed by atoms with Gasteiger partial charge in [0, 0.05) is 17.5 Å². The molecule has 1 aromatic carbocycles. The smallest absolute Gasteiger partial charge is 0.303 e. The van der Waals surface area contributed by atoms with Gasteiger partial charge in [0.1, 0.15) is 0 Å². The molecule has 0 bridgehead atoms. The Kier molecular flexibility index (Phi) is 4.75. The van der Waals surface area contributed by atoms with Gasteiger partial charge in [-0.1, -0.05) is 0 Å². The molecule has 2 N–H and O–H groups in total. The fourth-order valence-corrected chi connectivity index (χ4v) is 1.55. The molecular formula is C13H14F3NO3. The van der Waals surface area contributed by atoms with Gasteiger partial charge in [-0.25, -0.2) is 13.2 Å². The molecular weight excluding hydrogens is 275 g/mol. The number of rotatable bonds is 5. The Hall–Kier alpha value is -2.05. The maximum Gasteiger partial charge on any atom is 0.303 e. The first-order chi connectivity index (χ1) is 9.12. The molecule has 0 heterocycles. The van der Waals surface area contributed by atoms with Crippen LogP contribution in [-0.2, 0) is 4.79 Å². The summed E-state index contributed by atoms with van der Waals surface area (Å²) in [7, 11) is 0. The van der Waals surface area contributed by atoms with Crippen LogP contribution in [0.3, 0.4) is 0 Å². The van der Waals surface area contributed by atoms with Crippen LogP contribution >= 0.6 is 0 Å². The third-order valence-corrected chi connectivity index (χ3v) is 2.66. The molecule has 0 saturated carbocycles. The van der Waals surface area contributed by atoms with Crippen molar-refractivity contribution in [1.82, 2.24) is 5.32 Å². The van der Waals surface area contributed by atoms with E-state index in [1.165, 1.54) is 0 Å². The van der Waals surface area contributed by atoms with E-state index in [4.69, 9.17) is 5.11 Å². The highest BCUT2D eigenvalue weighted by Crippen LogP contribution is 2.16. The molecule has 110 valence electrons. The van der Waals surface area contributed by atoms with Gasteiger partial charge >= 0.3 is 5.97 Å². The molecule has 0 atom stereocenters. The average Bonchev–Trinajstić information content (AvgIpc) is 2.32. The van der Waals surface area contributed by atoms with Crippen LogP contribution in [-0.4, -0.2) is 22.5 Å². The van der Waals surface area contributed by atoms with E-state index in [2.05, 4.69) is 5.32 Å². The highest BCUT2D eigenvalue weighted by Gasteiger charge is 2.23. The number of carboxylic acid groups (broad SMARTS) is 1. The maximum absolute atomic E-state index is 13.0. The maximum atomic E-state index is 13.0. The minimum atomic E-state index is -1.65. The third-order valence-electron chi connectivity index (χ3n) is 2.66. The van der Waals surface area contributed by atoms with Crippen molar-refractivity contribution in [2.24, 2.45) is 0 Å². The second kappa shape index (κ2) is 5.94. The molecule has 0 aromatic heterocycles. The lowest BCUT2D eigenvalue weighted by Gasteiger charge is -2.25. The topological polar surface area (TPSA) is 66.4 Å². The van der Waals surface area contributed by atoms with Gasteiger partial charge in [0.15, 0.2) is 17.5 Å². The predicted molar refractivity (Wildman–Crippen MR) is 64.7 cm³/mol. The molecule has 7 heteroatoms. The van der Waals surface area contributed by atoms with Gasteiger partial charge in [0.05, 0.1) is 0 Å². The van der Waals surface area contributed by atoms with Crippen molar-refractivity contribution < 1.29 is 27.9 Å². The highest BCUT2D eigenvalue weighted by molar-refractivity contribution is 5.94. The van der Waals surface area contributed by atoms with Gasteiger partial charge in [-0.3, -0.25) is 9.59 Å². The van der Waals surface area contributed by atoms with Crippen molar-refractivity contribution in [2.75, 3.05) is 0 Å². The van der Waals surface area contributed by atoms with E-state index in [1.54, 1.807) is 13.8 Å². The number of halogens is 3. The quantitative estimate of drug-likeness (QED) is 0.818. The lowest BCUT2D eigenvalue weighted by atomic mass is 9.97. The number of aliphatic carboxylic acids is 1. The second-order valence-corrected chi connectivity index (χ2v) is 4.99. The molecule has 0 spiro atoms. The summed E-state index contributed by atoms with van der Waals surface area (Å²) in [5, 5.41) is 11.0. The molecule has 0 saturated heterocycles. The lowest BCUT2D eigenvalue weighted by Crippen LogP contribution is -2.43. The number of hydrogen-bond donors (Lipinski definition) is 2. The monoisotopic (exact) mass is 289 g/mol. The summed E-state index contributed by atoms with van der Waals surface area (Å²) < 4.78 is 38.8. The van der Waals surface area contributed by atoms with Gasteiger partial charge in [-0.05, 0) is 32.4 Å². The second-order valence-electron chi connectivity index (χ2n) is 4.99. The minimum Gasteiger partial charge on any atom is -0.481 e. The van der Waals surface area contributed by atoms with Gasteiger partial charge in [0.2, 0.25) is 0 Å². The first-order valence-electron chi connectivity index (χ1n) is 5.81. The number of amides is 1. The number of hydrogen-bond acceptors (Lipinski definition) is 2. The minimum absolute atomic E-state index is 0.139. The van der Waals surface area contributed by atoms with Crippen LogP contribution in [0.5, 0.6) is 0 Å².